The molecule has 4 amide bonds. The molecule has 2 heterocycles. The van der Waals surface area contributed by atoms with Crippen molar-refractivity contribution in [1.82, 2.24) is 20.2 Å². The maximum absolute atomic E-state index is 13.5. The highest BCUT2D eigenvalue weighted by molar-refractivity contribution is 6.03. The number of nitrogens with one attached hydrogen (secondary N) is 2. The summed E-state index contributed by atoms with van der Waals surface area (Å²) in [5.74, 6) is -1.05. The Hall–Kier alpha value is -3.30. The number of rotatable bonds is 6. The van der Waals surface area contributed by atoms with E-state index in [-0.39, 0.29) is 30.9 Å². The first-order valence-electron chi connectivity index (χ1n) is 11.5. The smallest absolute Gasteiger partial charge is 0.324 e. The molecule has 34 heavy (non-hydrogen) atoms. The van der Waals surface area contributed by atoms with Crippen LogP contribution in [0.2, 0.25) is 0 Å². The monoisotopic (exact) mass is 467 g/mol. The van der Waals surface area contributed by atoms with E-state index in [0.717, 1.165) is 21.7 Å². The summed E-state index contributed by atoms with van der Waals surface area (Å²) >= 11 is 0. The van der Waals surface area contributed by atoms with Crippen LogP contribution in [0, 0.1) is 19.7 Å². The van der Waals surface area contributed by atoms with E-state index in [1.807, 2.05) is 50.9 Å². The van der Waals surface area contributed by atoms with E-state index in [1.165, 1.54) is 17.0 Å². The first-order chi connectivity index (χ1) is 16.2. The molecule has 4 rings (SSSR count). The molecular formula is C25H30FN5O3. The lowest BCUT2D eigenvalue weighted by Crippen LogP contribution is -2.67. The van der Waals surface area contributed by atoms with Crippen molar-refractivity contribution in [2.24, 2.45) is 0 Å². The number of hydrazine groups is 1. The van der Waals surface area contributed by atoms with Crippen LogP contribution in [0.15, 0.2) is 42.5 Å². The van der Waals surface area contributed by atoms with Crippen molar-refractivity contribution in [3.05, 3.63) is 65.0 Å². The normalized spacial score (nSPS) is 22.8. The van der Waals surface area contributed by atoms with Gasteiger partial charge in [-0.15, -0.1) is 0 Å². The van der Waals surface area contributed by atoms with Crippen LogP contribution in [0.1, 0.15) is 30.5 Å². The summed E-state index contributed by atoms with van der Waals surface area (Å²) in [6.45, 7) is 8.02. The highest BCUT2D eigenvalue weighted by Crippen LogP contribution is 2.30. The van der Waals surface area contributed by atoms with E-state index in [0.29, 0.717) is 12.1 Å². The Bertz CT molecular complexity index is 1090. The first kappa shape index (κ1) is 23.8. The second kappa shape index (κ2) is 9.52. The van der Waals surface area contributed by atoms with Crippen LogP contribution in [0.4, 0.5) is 14.9 Å². The van der Waals surface area contributed by atoms with E-state index in [4.69, 9.17) is 0 Å². The summed E-state index contributed by atoms with van der Waals surface area (Å²) in [6, 6.07) is 9.58. The maximum atomic E-state index is 13.5. The Morgan fingerprint density at radius 3 is 2.35 bits per heavy atom. The zero-order valence-electron chi connectivity index (χ0n) is 19.8. The number of imide groups is 1. The van der Waals surface area contributed by atoms with Crippen molar-refractivity contribution < 1.29 is 18.8 Å². The Morgan fingerprint density at radius 1 is 1.09 bits per heavy atom. The predicted molar refractivity (Wildman–Crippen MR) is 126 cm³/mol. The Labute approximate surface area is 198 Å². The predicted octanol–water partition coefficient (Wildman–Crippen LogP) is 2.81. The van der Waals surface area contributed by atoms with Gasteiger partial charge in [0.25, 0.3) is 5.91 Å². The van der Waals surface area contributed by atoms with E-state index in [9.17, 15) is 18.8 Å². The van der Waals surface area contributed by atoms with Crippen LogP contribution < -0.4 is 10.7 Å². The number of amides is 4. The third kappa shape index (κ3) is 4.41. The molecule has 2 aliphatic heterocycles. The van der Waals surface area contributed by atoms with Crippen LogP contribution in [0.25, 0.3) is 0 Å². The number of halogens is 1. The van der Waals surface area contributed by atoms with Crippen molar-refractivity contribution in [2.45, 2.75) is 52.4 Å². The van der Waals surface area contributed by atoms with Crippen LogP contribution >= 0.6 is 0 Å². The molecule has 3 unspecified atom stereocenters. The topological polar surface area (TPSA) is 85.0 Å². The molecule has 2 N–H and O–H groups in total. The van der Waals surface area contributed by atoms with Gasteiger partial charge in [0.2, 0.25) is 5.91 Å². The number of para-hydroxylation sites is 1. The first-order valence-corrected chi connectivity index (χ1v) is 11.5. The Morgan fingerprint density at radius 2 is 1.74 bits per heavy atom. The summed E-state index contributed by atoms with van der Waals surface area (Å²) in [4.78, 5) is 42.7. The van der Waals surface area contributed by atoms with E-state index in [1.54, 1.807) is 12.1 Å². The summed E-state index contributed by atoms with van der Waals surface area (Å²) in [5, 5.41) is 4.75. The highest BCUT2D eigenvalue weighted by Gasteiger charge is 2.54. The van der Waals surface area contributed by atoms with E-state index >= 15 is 0 Å². The van der Waals surface area contributed by atoms with Gasteiger partial charge in [-0.3, -0.25) is 14.5 Å². The molecule has 0 saturated carbocycles. The van der Waals surface area contributed by atoms with Crippen molar-refractivity contribution in [2.75, 3.05) is 18.4 Å². The average Bonchev–Trinajstić information content (AvgIpc) is 3.14. The molecular weight excluding hydrogens is 437 g/mol. The minimum atomic E-state index is -0.619. The van der Waals surface area contributed by atoms with Gasteiger partial charge in [0, 0.05) is 18.3 Å². The number of carbonyl (C=O) groups excluding carboxylic acids is 3. The van der Waals surface area contributed by atoms with Gasteiger partial charge in [-0.1, -0.05) is 37.3 Å². The van der Waals surface area contributed by atoms with Gasteiger partial charge in [0.1, 0.15) is 18.4 Å². The zero-order valence-corrected chi connectivity index (χ0v) is 19.8. The lowest BCUT2D eigenvalue weighted by molar-refractivity contribution is -0.140. The number of benzene rings is 2. The fraction of sp³-hybridized carbons (Fsp3) is 0.400. The van der Waals surface area contributed by atoms with Crippen LogP contribution in [-0.4, -0.2) is 63.9 Å². The SMILES string of the molecule is CCN1NC(C)C2C1C(=O)N(Cc1ccc(F)cc1)C(=O)N2CC(=O)Nc1c(C)cccc1C. The van der Waals surface area contributed by atoms with Gasteiger partial charge < -0.3 is 10.2 Å². The molecule has 8 nitrogen and oxygen atoms in total. The fourth-order valence-electron chi connectivity index (χ4n) is 4.86. The summed E-state index contributed by atoms with van der Waals surface area (Å²) in [7, 11) is 0. The van der Waals surface area contributed by atoms with Gasteiger partial charge in [-0.05, 0) is 49.6 Å². The van der Waals surface area contributed by atoms with Crippen molar-refractivity contribution in [3.8, 4) is 0 Å². The van der Waals surface area contributed by atoms with Gasteiger partial charge in [0.05, 0.1) is 12.6 Å². The average molecular weight is 468 g/mol. The molecule has 2 saturated heterocycles. The quantitative estimate of drug-likeness (QED) is 0.683. The molecule has 2 aromatic carbocycles. The molecule has 9 heteroatoms. The number of nitrogens with zero attached hydrogens (tertiary/aromatic N) is 3. The highest BCUT2D eigenvalue weighted by atomic mass is 19.1. The molecule has 0 bridgehead atoms. The lowest BCUT2D eigenvalue weighted by Gasteiger charge is -2.43. The van der Waals surface area contributed by atoms with Crippen LogP contribution in [-0.2, 0) is 16.1 Å². The molecule has 0 aliphatic carbocycles. The summed E-state index contributed by atoms with van der Waals surface area (Å²) in [6.07, 6.45) is 0. The third-order valence-electron chi connectivity index (χ3n) is 6.55. The van der Waals surface area contributed by atoms with Gasteiger partial charge in [-0.2, -0.15) is 0 Å². The molecule has 2 aromatic rings. The van der Waals surface area contributed by atoms with E-state index < -0.39 is 23.9 Å². The number of anilines is 1. The summed E-state index contributed by atoms with van der Waals surface area (Å²) in [5.41, 5.74) is 6.48. The molecule has 3 atom stereocenters. The number of aryl methyl sites for hydroxylation is 2. The van der Waals surface area contributed by atoms with Crippen molar-refractivity contribution in [3.63, 3.8) is 0 Å². The minimum Gasteiger partial charge on any atom is -0.324 e. The summed E-state index contributed by atoms with van der Waals surface area (Å²) < 4.78 is 13.4. The largest absolute Gasteiger partial charge is 0.327 e. The lowest BCUT2D eigenvalue weighted by atomic mass is 9.97. The molecule has 2 fully saturated rings. The number of hydrogen-bond acceptors (Lipinski definition) is 5. The molecule has 0 radical (unpaired) electrons. The van der Waals surface area contributed by atoms with E-state index in [2.05, 4.69) is 10.7 Å². The molecule has 0 aromatic heterocycles. The third-order valence-corrected chi connectivity index (χ3v) is 6.55. The fourth-order valence-corrected chi connectivity index (χ4v) is 4.86. The Balaban J connectivity index is 1.62. The Kier molecular flexibility index (Phi) is 6.67. The van der Waals surface area contributed by atoms with Crippen LogP contribution in [0.3, 0.4) is 0 Å². The zero-order chi connectivity index (χ0) is 24.6. The second-order valence-corrected chi connectivity index (χ2v) is 8.92. The maximum Gasteiger partial charge on any atom is 0.327 e. The van der Waals surface area contributed by atoms with Crippen LogP contribution in [0.5, 0.6) is 0 Å². The number of carbonyl (C=O) groups is 3. The number of urea groups is 1. The minimum absolute atomic E-state index is 0.00211. The second-order valence-electron chi connectivity index (χ2n) is 8.92. The van der Waals surface area contributed by atoms with Crippen molar-refractivity contribution >= 4 is 23.5 Å². The number of hydrogen-bond donors (Lipinski definition) is 2. The van der Waals surface area contributed by atoms with Gasteiger partial charge in [-0.25, -0.2) is 19.6 Å². The van der Waals surface area contributed by atoms with Crippen molar-refractivity contribution in [1.29, 1.82) is 0 Å². The standard InChI is InChI=1S/C25H30FN5O3/c1-5-31-23-22(17(4)28-31)29(14-20(32)27-21-15(2)7-6-8-16(21)3)25(34)30(24(23)33)13-18-9-11-19(26)12-10-18/h6-12,17,22-23,28H,5,13-14H2,1-4H3,(H,27,32). The number of fused-ring (bicyclic) bond motifs is 1. The number of likely N-dealkylation sites (N-methyl/N-ethyl adjacent to an activating group) is 1. The molecule has 180 valence electrons. The van der Waals surface area contributed by atoms with Gasteiger partial charge in [0.15, 0.2) is 0 Å². The molecule has 2 aliphatic rings. The molecule has 0 spiro atoms. The van der Waals surface area contributed by atoms with Gasteiger partial charge >= 0.3 is 6.03 Å².